The van der Waals surface area contributed by atoms with Crippen LogP contribution in [-0.4, -0.2) is 42.0 Å². The molecule has 7 heteroatoms. The van der Waals surface area contributed by atoms with Crippen LogP contribution < -0.4 is 0 Å². The van der Waals surface area contributed by atoms with Gasteiger partial charge in [-0.05, 0) is 6.92 Å². The standard InChI is InChI=1S/C11H13NO6/c1-7(12-8(13)3-4-9(12)14)18-11(16)6-5-10(15)17-2/h5-7H,3-4H2,1-2H3/b6-5+. The molecule has 7 nitrogen and oxygen atoms in total. The zero-order chi connectivity index (χ0) is 13.7. The van der Waals surface area contributed by atoms with Crippen molar-refractivity contribution in [3.63, 3.8) is 0 Å². The van der Waals surface area contributed by atoms with E-state index in [1.165, 1.54) is 14.0 Å². The Kier molecular flexibility index (Phi) is 4.59. The van der Waals surface area contributed by atoms with Gasteiger partial charge in [0.2, 0.25) is 11.8 Å². The number of methoxy groups -OCH3 is 1. The van der Waals surface area contributed by atoms with Crippen LogP contribution in [0, 0.1) is 0 Å². The SMILES string of the molecule is COC(=O)/C=C/C(=O)OC(C)N1C(=O)CCC1=O. The Morgan fingerprint density at radius 1 is 1.17 bits per heavy atom. The highest BCUT2D eigenvalue weighted by atomic mass is 16.6. The van der Waals surface area contributed by atoms with Gasteiger partial charge in [0.25, 0.3) is 0 Å². The van der Waals surface area contributed by atoms with E-state index in [1.807, 2.05) is 0 Å². The van der Waals surface area contributed by atoms with Crippen LogP contribution in [0.3, 0.4) is 0 Å². The summed E-state index contributed by atoms with van der Waals surface area (Å²) in [5.74, 6) is -2.29. The zero-order valence-electron chi connectivity index (χ0n) is 10.0. The van der Waals surface area contributed by atoms with Gasteiger partial charge in [-0.1, -0.05) is 0 Å². The third-order valence-corrected chi connectivity index (χ3v) is 2.30. The molecule has 1 atom stereocenters. The van der Waals surface area contributed by atoms with Gasteiger partial charge >= 0.3 is 11.9 Å². The second-order valence-corrected chi connectivity index (χ2v) is 3.55. The molecule has 0 saturated carbocycles. The van der Waals surface area contributed by atoms with Crippen LogP contribution in [0.15, 0.2) is 12.2 Å². The number of rotatable bonds is 4. The van der Waals surface area contributed by atoms with E-state index in [1.54, 1.807) is 0 Å². The Hall–Kier alpha value is -2.18. The number of carbonyl (C=O) groups excluding carboxylic acids is 4. The number of ether oxygens (including phenoxy) is 2. The van der Waals surface area contributed by atoms with E-state index in [0.717, 1.165) is 17.1 Å². The molecule has 2 amide bonds. The number of esters is 2. The van der Waals surface area contributed by atoms with Crippen LogP contribution in [0.2, 0.25) is 0 Å². The molecule has 0 bridgehead atoms. The first-order valence-electron chi connectivity index (χ1n) is 5.27. The van der Waals surface area contributed by atoms with Crippen molar-refractivity contribution in [2.45, 2.75) is 26.0 Å². The summed E-state index contributed by atoms with van der Waals surface area (Å²) in [7, 11) is 1.17. The summed E-state index contributed by atoms with van der Waals surface area (Å²) in [6, 6.07) is 0. The number of hydrogen-bond donors (Lipinski definition) is 0. The lowest BCUT2D eigenvalue weighted by Crippen LogP contribution is -2.40. The van der Waals surface area contributed by atoms with Crippen molar-refractivity contribution in [1.29, 1.82) is 0 Å². The fraction of sp³-hybridized carbons (Fsp3) is 0.455. The van der Waals surface area contributed by atoms with Crippen molar-refractivity contribution < 1.29 is 28.7 Å². The molecule has 0 aromatic carbocycles. The lowest BCUT2D eigenvalue weighted by atomic mass is 10.4. The van der Waals surface area contributed by atoms with Gasteiger partial charge in [0.1, 0.15) is 0 Å². The molecule has 0 aromatic heterocycles. The first-order chi connectivity index (χ1) is 8.45. The van der Waals surface area contributed by atoms with Crippen LogP contribution >= 0.6 is 0 Å². The largest absolute Gasteiger partial charge is 0.466 e. The zero-order valence-corrected chi connectivity index (χ0v) is 10.0. The van der Waals surface area contributed by atoms with Crippen molar-refractivity contribution in [2.75, 3.05) is 7.11 Å². The first kappa shape index (κ1) is 13.9. The van der Waals surface area contributed by atoms with Crippen LogP contribution in [-0.2, 0) is 28.7 Å². The number of carbonyl (C=O) groups is 4. The summed E-state index contributed by atoms with van der Waals surface area (Å²) in [5, 5.41) is 0. The molecule has 0 spiro atoms. The van der Waals surface area contributed by atoms with Gasteiger partial charge in [-0.3, -0.25) is 9.59 Å². The maximum Gasteiger partial charge on any atom is 0.332 e. The highest BCUT2D eigenvalue weighted by Gasteiger charge is 2.34. The van der Waals surface area contributed by atoms with E-state index in [2.05, 4.69) is 4.74 Å². The molecule has 0 aromatic rings. The van der Waals surface area contributed by atoms with E-state index in [9.17, 15) is 19.2 Å². The maximum atomic E-state index is 11.3. The average Bonchev–Trinajstić information content (AvgIpc) is 2.65. The van der Waals surface area contributed by atoms with E-state index in [0.29, 0.717) is 0 Å². The van der Waals surface area contributed by atoms with Crippen molar-refractivity contribution >= 4 is 23.8 Å². The van der Waals surface area contributed by atoms with Gasteiger partial charge < -0.3 is 9.47 Å². The molecule has 98 valence electrons. The number of nitrogens with zero attached hydrogens (tertiary/aromatic N) is 1. The van der Waals surface area contributed by atoms with Crippen molar-refractivity contribution in [3.8, 4) is 0 Å². The maximum absolute atomic E-state index is 11.3. The number of hydrogen-bond acceptors (Lipinski definition) is 6. The predicted molar refractivity (Wildman–Crippen MR) is 57.8 cm³/mol. The average molecular weight is 255 g/mol. The molecule has 1 aliphatic rings. The van der Waals surface area contributed by atoms with Gasteiger partial charge in [-0.2, -0.15) is 0 Å². The van der Waals surface area contributed by atoms with E-state index >= 15 is 0 Å². The molecule has 0 radical (unpaired) electrons. The Bertz CT molecular complexity index is 398. The van der Waals surface area contributed by atoms with Gasteiger partial charge in [0.05, 0.1) is 7.11 Å². The van der Waals surface area contributed by atoms with Crippen molar-refractivity contribution in [2.24, 2.45) is 0 Å². The van der Waals surface area contributed by atoms with Gasteiger partial charge in [0, 0.05) is 25.0 Å². The molecule has 1 unspecified atom stereocenters. The summed E-state index contributed by atoms with van der Waals surface area (Å²) in [4.78, 5) is 45.6. The fourth-order valence-electron chi connectivity index (χ4n) is 1.46. The highest BCUT2D eigenvalue weighted by molar-refractivity contribution is 6.02. The Morgan fingerprint density at radius 3 is 2.17 bits per heavy atom. The second-order valence-electron chi connectivity index (χ2n) is 3.55. The second kappa shape index (κ2) is 5.95. The van der Waals surface area contributed by atoms with Crippen LogP contribution in [0.1, 0.15) is 19.8 Å². The van der Waals surface area contributed by atoms with E-state index in [-0.39, 0.29) is 24.7 Å². The molecule has 1 rings (SSSR count). The minimum Gasteiger partial charge on any atom is -0.466 e. The normalized spacial score (nSPS) is 17.1. The molecule has 1 fully saturated rings. The quantitative estimate of drug-likeness (QED) is 0.391. The molecule has 1 aliphatic heterocycles. The fourth-order valence-corrected chi connectivity index (χ4v) is 1.46. The van der Waals surface area contributed by atoms with Crippen molar-refractivity contribution in [3.05, 3.63) is 12.2 Å². The third-order valence-electron chi connectivity index (χ3n) is 2.30. The minimum atomic E-state index is -0.984. The monoisotopic (exact) mass is 255 g/mol. The Labute approximate surface area is 103 Å². The lowest BCUT2D eigenvalue weighted by Gasteiger charge is -2.21. The lowest BCUT2D eigenvalue weighted by molar-refractivity contribution is -0.161. The summed E-state index contributed by atoms with van der Waals surface area (Å²) in [6.07, 6.45) is 1.02. The van der Waals surface area contributed by atoms with Crippen molar-refractivity contribution in [1.82, 2.24) is 4.90 Å². The molecular formula is C11H13NO6. The smallest absolute Gasteiger partial charge is 0.332 e. The number of amides is 2. The predicted octanol–water partition coefficient (Wildman–Crippen LogP) is -0.246. The molecule has 0 aliphatic carbocycles. The molecule has 1 saturated heterocycles. The summed E-state index contributed by atoms with van der Waals surface area (Å²) in [5.41, 5.74) is 0. The Morgan fingerprint density at radius 2 is 1.67 bits per heavy atom. The summed E-state index contributed by atoms with van der Waals surface area (Å²) >= 11 is 0. The first-order valence-corrected chi connectivity index (χ1v) is 5.27. The van der Waals surface area contributed by atoms with Crippen LogP contribution in [0.4, 0.5) is 0 Å². The molecular weight excluding hydrogens is 242 g/mol. The molecule has 1 heterocycles. The number of imide groups is 1. The van der Waals surface area contributed by atoms with Gasteiger partial charge in [-0.15, -0.1) is 0 Å². The molecule has 18 heavy (non-hydrogen) atoms. The molecule has 0 N–H and O–H groups in total. The summed E-state index contributed by atoms with van der Waals surface area (Å²) < 4.78 is 9.11. The van der Waals surface area contributed by atoms with Crippen LogP contribution in [0.25, 0.3) is 0 Å². The van der Waals surface area contributed by atoms with Gasteiger partial charge in [0.15, 0.2) is 6.23 Å². The van der Waals surface area contributed by atoms with Crippen LogP contribution in [0.5, 0.6) is 0 Å². The Balaban J connectivity index is 2.54. The highest BCUT2D eigenvalue weighted by Crippen LogP contribution is 2.16. The van der Waals surface area contributed by atoms with E-state index < -0.39 is 18.2 Å². The summed E-state index contributed by atoms with van der Waals surface area (Å²) in [6.45, 7) is 1.41. The third kappa shape index (κ3) is 3.41. The van der Waals surface area contributed by atoms with Gasteiger partial charge in [-0.25, -0.2) is 14.5 Å². The topological polar surface area (TPSA) is 90.0 Å². The number of likely N-dealkylation sites (tertiary alicyclic amines) is 1. The van der Waals surface area contributed by atoms with E-state index in [4.69, 9.17) is 4.74 Å². The minimum absolute atomic E-state index is 0.124.